The molecule has 4 rings (SSSR count). The van der Waals surface area contributed by atoms with Gasteiger partial charge in [0.1, 0.15) is 6.10 Å². The molecule has 6 atom stereocenters. The maximum Gasteiger partial charge on any atom is 0.306 e. The minimum Gasteiger partial charge on any atom is -0.462 e. The highest BCUT2D eigenvalue weighted by molar-refractivity contribution is 5.91. The number of carbonyl (C=O) groups is 2. The van der Waals surface area contributed by atoms with Crippen LogP contribution >= 0.6 is 0 Å². The molecule has 0 heterocycles. The summed E-state index contributed by atoms with van der Waals surface area (Å²) in [5.74, 6) is 2.48. The van der Waals surface area contributed by atoms with Gasteiger partial charge in [0.25, 0.3) is 0 Å². The van der Waals surface area contributed by atoms with E-state index in [-0.39, 0.29) is 22.9 Å². The number of ether oxygens (including phenoxy) is 1. The molecule has 4 aliphatic carbocycles. The van der Waals surface area contributed by atoms with Gasteiger partial charge in [-0.2, -0.15) is 0 Å². The van der Waals surface area contributed by atoms with Crippen LogP contribution in [0.3, 0.4) is 0 Å². The third-order valence-corrected chi connectivity index (χ3v) is 9.38. The fourth-order valence-corrected chi connectivity index (χ4v) is 7.62. The number of unbranched alkanes of at least 4 members (excludes halogenated alkanes) is 3. The summed E-state index contributed by atoms with van der Waals surface area (Å²) < 4.78 is 6.09. The summed E-state index contributed by atoms with van der Waals surface area (Å²) in [6.45, 7) is 7.05. The van der Waals surface area contributed by atoms with E-state index in [9.17, 15) is 9.59 Å². The van der Waals surface area contributed by atoms with Crippen molar-refractivity contribution in [1.29, 1.82) is 0 Å². The first-order valence-electron chi connectivity index (χ1n) is 12.3. The standard InChI is InChI=1S/C26H40O3/c1-4-5-6-7-8-24(28)29-23-12-11-21-20-10-9-18-17-19(27)13-15-25(18,2)22(20)14-16-26(21,23)3/h17,20-23H,4-16H2,1-3H3/t20?,21-,22-,23-,25?,26?/m0/s1. The van der Waals surface area contributed by atoms with Crippen LogP contribution in [-0.4, -0.2) is 17.9 Å². The number of carbonyl (C=O) groups excluding carboxylic acids is 2. The van der Waals surface area contributed by atoms with Crippen molar-refractivity contribution in [2.45, 2.75) is 110 Å². The van der Waals surface area contributed by atoms with Crippen molar-refractivity contribution in [3.63, 3.8) is 0 Å². The molecule has 0 amide bonds. The first-order chi connectivity index (χ1) is 13.9. The number of rotatable bonds is 6. The van der Waals surface area contributed by atoms with Crippen molar-refractivity contribution >= 4 is 11.8 Å². The number of hydrogen-bond donors (Lipinski definition) is 0. The molecule has 0 bridgehead atoms. The molecule has 29 heavy (non-hydrogen) atoms. The van der Waals surface area contributed by atoms with Crippen LogP contribution < -0.4 is 0 Å². The van der Waals surface area contributed by atoms with E-state index in [0.29, 0.717) is 24.0 Å². The van der Waals surface area contributed by atoms with Crippen molar-refractivity contribution in [2.24, 2.45) is 28.6 Å². The SMILES string of the molecule is CCCCCCC(=O)O[C@H]1CC[C@H]2C3CCC4=CC(=O)CCC4(C)[C@H]3CCC12C. The van der Waals surface area contributed by atoms with Gasteiger partial charge in [0, 0.05) is 18.3 Å². The van der Waals surface area contributed by atoms with Gasteiger partial charge >= 0.3 is 5.97 Å². The van der Waals surface area contributed by atoms with Gasteiger partial charge in [0.15, 0.2) is 5.78 Å². The number of allylic oxidation sites excluding steroid dienone is 1. The van der Waals surface area contributed by atoms with Gasteiger partial charge in [0.2, 0.25) is 0 Å². The summed E-state index contributed by atoms with van der Waals surface area (Å²) in [5, 5.41) is 0. The van der Waals surface area contributed by atoms with E-state index >= 15 is 0 Å². The fourth-order valence-electron chi connectivity index (χ4n) is 7.62. The van der Waals surface area contributed by atoms with E-state index in [4.69, 9.17) is 4.74 Å². The second-order valence-electron chi connectivity index (χ2n) is 10.9. The van der Waals surface area contributed by atoms with Gasteiger partial charge in [-0.3, -0.25) is 9.59 Å². The van der Waals surface area contributed by atoms with Crippen molar-refractivity contribution in [1.82, 2.24) is 0 Å². The van der Waals surface area contributed by atoms with E-state index in [1.807, 2.05) is 6.08 Å². The minimum atomic E-state index is 0.0294. The molecule has 3 unspecified atom stereocenters. The lowest BCUT2D eigenvalue weighted by atomic mass is 9.47. The summed E-state index contributed by atoms with van der Waals surface area (Å²) in [6.07, 6.45) is 15.9. The lowest BCUT2D eigenvalue weighted by Gasteiger charge is -2.57. The van der Waals surface area contributed by atoms with Crippen molar-refractivity contribution in [3.05, 3.63) is 11.6 Å². The van der Waals surface area contributed by atoms with Gasteiger partial charge in [-0.1, -0.05) is 45.6 Å². The number of ketones is 1. The third kappa shape index (κ3) is 3.72. The van der Waals surface area contributed by atoms with Crippen LogP contribution in [0, 0.1) is 28.6 Å². The van der Waals surface area contributed by atoms with Gasteiger partial charge in [-0.25, -0.2) is 0 Å². The van der Waals surface area contributed by atoms with Gasteiger partial charge < -0.3 is 4.74 Å². The Kier molecular flexibility index (Phi) is 5.97. The average Bonchev–Trinajstić information content (AvgIpc) is 3.02. The Balaban J connectivity index is 1.43. The molecule has 0 aromatic heterocycles. The zero-order valence-corrected chi connectivity index (χ0v) is 18.8. The molecule has 3 heteroatoms. The van der Waals surface area contributed by atoms with Crippen molar-refractivity contribution in [3.8, 4) is 0 Å². The van der Waals surface area contributed by atoms with Gasteiger partial charge in [-0.15, -0.1) is 0 Å². The lowest BCUT2D eigenvalue weighted by Crippen LogP contribution is -2.51. The Labute approximate surface area is 177 Å². The van der Waals surface area contributed by atoms with E-state index in [0.717, 1.165) is 44.4 Å². The van der Waals surface area contributed by atoms with E-state index < -0.39 is 0 Å². The van der Waals surface area contributed by atoms with Crippen molar-refractivity contribution in [2.75, 3.05) is 0 Å². The smallest absolute Gasteiger partial charge is 0.306 e. The number of hydrogen-bond acceptors (Lipinski definition) is 3. The zero-order chi connectivity index (χ0) is 20.6. The predicted molar refractivity (Wildman–Crippen MR) is 115 cm³/mol. The molecule has 3 fully saturated rings. The molecule has 0 aliphatic heterocycles. The zero-order valence-electron chi connectivity index (χ0n) is 18.8. The van der Waals surface area contributed by atoms with Crippen LogP contribution in [0.4, 0.5) is 0 Å². The van der Waals surface area contributed by atoms with Crippen molar-refractivity contribution < 1.29 is 14.3 Å². The molecule has 0 N–H and O–H groups in total. The van der Waals surface area contributed by atoms with Crippen LogP contribution in [0.25, 0.3) is 0 Å². The second-order valence-corrected chi connectivity index (χ2v) is 10.9. The van der Waals surface area contributed by atoms with Gasteiger partial charge in [-0.05, 0) is 80.6 Å². The largest absolute Gasteiger partial charge is 0.462 e. The monoisotopic (exact) mass is 400 g/mol. The number of esters is 1. The highest BCUT2D eigenvalue weighted by atomic mass is 16.5. The topological polar surface area (TPSA) is 43.4 Å². The third-order valence-electron chi connectivity index (χ3n) is 9.38. The molecule has 3 saturated carbocycles. The Morgan fingerprint density at radius 1 is 1.03 bits per heavy atom. The maximum atomic E-state index is 12.5. The molecular weight excluding hydrogens is 360 g/mol. The van der Waals surface area contributed by atoms with Crippen LogP contribution in [0.2, 0.25) is 0 Å². The Morgan fingerprint density at radius 2 is 1.86 bits per heavy atom. The van der Waals surface area contributed by atoms with Crippen LogP contribution in [0.1, 0.15) is 104 Å². The molecule has 162 valence electrons. The molecule has 0 radical (unpaired) electrons. The first-order valence-corrected chi connectivity index (χ1v) is 12.3. The Bertz CT molecular complexity index is 679. The van der Waals surface area contributed by atoms with Crippen LogP contribution in [-0.2, 0) is 14.3 Å². The Hall–Kier alpha value is -1.12. The molecule has 0 aromatic rings. The molecule has 4 aliphatic rings. The molecule has 0 spiro atoms. The highest BCUT2D eigenvalue weighted by Gasteiger charge is 2.59. The molecular formula is C26H40O3. The normalized spacial score (nSPS) is 41.2. The van der Waals surface area contributed by atoms with E-state index in [2.05, 4.69) is 20.8 Å². The summed E-state index contributed by atoms with van der Waals surface area (Å²) >= 11 is 0. The molecule has 0 saturated heterocycles. The molecule has 3 nitrogen and oxygen atoms in total. The maximum absolute atomic E-state index is 12.5. The summed E-state index contributed by atoms with van der Waals surface area (Å²) in [4.78, 5) is 24.5. The van der Waals surface area contributed by atoms with E-state index in [1.54, 1.807) is 0 Å². The lowest BCUT2D eigenvalue weighted by molar-refractivity contribution is -0.160. The van der Waals surface area contributed by atoms with Gasteiger partial charge in [0.05, 0.1) is 0 Å². The predicted octanol–water partition coefficient (Wildman–Crippen LogP) is 6.40. The van der Waals surface area contributed by atoms with Crippen LogP contribution in [0.5, 0.6) is 0 Å². The fraction of sp³-hybridized carbons (Fsp3) is 0.846. The number of fused-ring (bicyclic) bond motifs is 5. The summed E-state index contributed by atoms with van der Waals surface area (Å²) in [5.41, 5.74) is 1.82. The Morgan fingerprint density at radius 3 is 2.66 bits per heavy atom. The second kappa shape index (κ2) is 8.19. The highest BCUT2D eigenvalue weighted by Crippen LogP contribution is 2.65. The minimum absolute atomic E-state index is 0.0294. The molecule has 0 aromatic carbocycles. The quantitative estimate of drug-likeness (QED) is 0.383. The summed E-state index contributed by atoms with van der Waals surface area (Å²) in [7, 11) is 0. The first kappa shape index (κ1) is 21.1. The van der Waals surface area contributed by atoms with Crippen LogP contribution in [0.15, 0.2) is 11.6 Å². The average molecular weight is 401 g/mol. The summed E-state index contributed by atoms with van der Waals surface area (Å²) in [6, 6.07) is 0. The van der Waals surface area contributed by atoms with E-state index in [1.165, 1.54) is 44.1 Å².